The van der Waals surface area contributed by atoms with E-state index in [1.165, 1.54) is 0 Å². The molecule has 0 unspecified atom stereocenters. The third-order valence-electron chi connectivity index (χ3n) is 4.53. The average Bonchev–Trinajstić information content (AvgIpc) is 2.67. The molecule has 0 saturated carbocycles. The minimum absolute atomic E-state index is 0.108. The van der Waals surface area contributed by atoms with Crippen molar-refractivity contribution in [1.29, 1.82) is 0 Å². The number of carbonyl (C=O) groups is 1. The molecule has 24 heavy (non-hydrogen) atoms. The van der Waals surface area contributed by atoms with Crippen molar-refractivity contribution in [3.8, 4) is 0 Å². The van der Waals surface area contributed by atoms with E-state index >= 15 is 0 Å². The molecule has 2 aliphatic rings. The fourth-order valence-electron chi connectivity index (χ4n) is 3.14. The van der Waals surface area contributed by atoms with Crippen LogP contribution < -0.4 is 5.48 Å². The molecule has 0 spiro atoms. The monoisotopic (exact) mass is 331 g/mol. The number of nitrogens with zero attached hydrogens (tertiary/aromatic N) is 2. The molecule has 0 aliphatic carbocycles. The number of nitrogens with one attached hydrogen (secondary N) is 1. The summed E-state index contributed by atoms with van der Waals surface area (Å²) < 4.78 is 5.48. The highest BCUT2D eigenvalue weighted by Crippen LogP contribution is 2.18. The van der Waals surface area contributed by atoms with Gasteiger partial charge < -0.3 is 4.74 Å². The second-order valence-corrected chi connectivity index (χ2v) is 6.17. The van der Waals surface area contributed by atoms with Gasteiger partial charge in [-0.15, -0.1) is 0 Å². The van der Waals surface area contributed by atoms with Crippen molar-refractivity contribution in [3.05, 3.63) is 35.9 Å². The minimum atomic E-state index is -0.250. The molecule has 0 aromatic heterocycles. The molecule has 0 bridgehead atoms. The molecule has 2 atom stereocenters. The predicted octanol–water partition coefficient (Wildman–Crippen LogP) is 1.75. The van der Waals surface area contributed by atoms with Crippen molar-refractivity contribution in [2.24, 2.45) is 4.99 Å². The van der Waals surface area contributed by atoms with Crippen molar-refractivity contribution < 1.29 is 14.4 Å². The fraction of sp³-hybridized carbons (Fsp3) is 0.556. The molecule has 1 aromatic rings. The summed E-state index contributed by atoms with van der Waals surface area (Å²) in [6.07, 6.45) is 2.87. The van der Waals surface area contributed by atoms with Crippen LogP contribution in [0.3, 0.4) is 0 Å². The van der Waals surface area contributed by atoms with Crippen molar-refractivity contribution >= 4 is 11.8 Å². The molecule has 6 nitrogen and oxygen atoms in total. The lowest BCUT2D eigenvalue weighted by Gasteiger charge is -2.33. The maximum atomic E-state index is 12.3. The Kier molecular flexibility index (Phi) is 5.82. The van der Waals surface area contributed by atoms with Gasteiger partial charge in [0.1, 0.15) is 18.8 Å². The summed E-state index contributed by atoms with van der Waals surface area (Å²) in [7, 11) is 0. The number of carbonyl (C=O) groups excluding carboxylic acids is 1. The number of esters is 1. The van der Waals surface area contributed by atoms with Crippen LogP contribution in [0.5, 0.6) is 0 Å². The van der Waals surface area contributed by atoms with Crippen molar-refractivity contribution in [2.45, 2.75) is 38.3 Å². The van der Waals surface area contributed by atoms with Crippen LogP contribution in [0.1, 0.15) is 31.7 Å². The Balaban J connectivity index is 1.48. The second-order valence-electron chi connectivity index (χ2n) is 6.17. The molecule has 0 amide bonds. The largest absolute Gasteiger partial charge is 0.462 e. The molecule has 1 saturated heterocycles. The van der Waals surface area contributed by atoms with Gasteiger partial charge in [0.15, 0.2) is 5.84 Å². The minimum Gasteiger partial charge on any atom is -0.462 e. The lowest BCUT2D eigenvalue weighted by molar-refractivity contribution is -0.156. The highest BCUT2D eigenvalue weighted by Gasteiger charge is 2.29. The number of hydroxylamine groups is 1. The second kappa shape index (κ2) is 8.26. The number of likely N-dealkylation sites (tertiary alicyclic amines) is 1. The summed E-state index contributed by atoms with van der Waals surface area (Å²) in [5, 5.41) is 0. The lowest BCUT2D eigenvalue weighted by atomic mass is 10.0. The van der Waals surface area contributed by atoms with Crippen LogP contribution in [0.2, 0.25) is 0 Å². The average molecular weight is 331 g/mol. The Hall–Kier alpha value is -1.92. The van der Waals surface area contributed by atoms with Crippen molar-refractivity contribution in [1.82, 2.24) is 10.4 Å². The molecular weight excluding hydrogens is 306 g/mol. The van der Waals surface area contributed by atoms with Crippen LogP contribution in [-0.4, -0.2) is 55.1 Å². The van der Waals surface area contributed by atoms with Crippen molar-refractivity contribution in [2.75, 3.05) is 26.2 Å². The van der Waals surface area contributed by atoms with Crippen LogP contribution in [0.4, 0.5) is 0 Å². The SMILES string of the molecule is CCN1CCCC[C@@H]1C(=O)OC[C@H]1CN=C(c2ccccc2)NO1. The first kappa shape index (κ1) is 16.9. The lowest BCUT2D eigenvalue weighted by Crippen LogP contribution is -2.46. The highest BCUT2D eigenvalue weighted by atomic mass is 16.7. The van der Waals surface area contributed by atoms with Gasteiger partial charge in [0, 0.05) is 5.56 Å². The molecule has 6 heteroatoms. The molecular formula is C18H25N3O3. The number of amidine groups is 1. The zero-order valence-electron chi connectivity index (χ0n) is 14.1. The van der Waals surface area contributed by atoms with Crippen LogP contribution in [0.25, 0.3) is 0 Å². The zero-order chi connectivity index (χ0) is 16.8. The third-order valence-corrected chi connectivity index (χ3v) is 4.53. The van der Waals surface area contributed by atoms with E-state index in [9.17, 15) is 4.79 Å². The number of hydrogen-bond donors (Lipinski definition) is 1. The number of piperidine rings is 1. The van der Waals surface area contributed by atoms with Crippen LogP contribution >= 0.6 is 0 Å². The number of ether oxygens (including phenoxy) is 1. The Morgan fingerprint density at radius 1 is 1.38 bits per heavy atom. The number of rotatable bonds is 5. The third kappa shape index (κ3) is 4.13. The van der Waals surface area contributed by atoms with Gasteiger partial charge in [0.25, 0.3) is 0 Å². The van der Waals surface area contributed by atoms with Gasteiger partial charge in [-0.2, -0.15) is 0 Å². The maximum absolute atomic E-state index is 12.3. The summed E-state index contributed by atoms with van der Waals surface area (Å²) in [5.74, 6) is 0.570. The molecule has 1 aromatic carbocycles. The van der Waals surface area contributed by atoms with Gasteiger partial charge >= 0.3 is 5.97 Å². The Bertz CT molecular complexity index is 576. The smallest absolute Gasteiger partial charge is 0.323 e. The van der Waals surface area contributed by atoms with Crippen LogP contribution in [0, 0.1) is 0 Å². The first-order valence-electron chi connectivity index (χ1n) is 8.70. The van der Waals surface area contributed by atoms with Gasteiger partial charge in [0.05, 0.1) is 6.54 Å². The van der Waals surface area contributed by atoms with Crippen molar-refractivity contribution in [3.63, 3.8) is 0 Å². The van der Waals surface area contributed by atoms with E-state index in [2.05, 4.69) is 22.3 Å². The molecule has 130 valence electrons. The van der Waals surface area contributed by atoms with E-state index in [0.29, 0.717) is 12.4 Å². The van der Waals surface area contributed by atoms with E-state index in [-0.39, 0.29) is 24.7 Å². The van der Waals surface area contributed by atoms with Crippen LogP contribution in [0.15, 0.2) is 35.3 Å². The van der Waals surface area contributed by atoms with Gasteiger partial charge in [-0.3, -0.25) is 19.5 Å². The first-order valence-corrected chi connectivity index (χ1v) is 8.70. The van der Waals surface area contributed by atoms with Crippen LogP contribution in [-0.2, 0) is 14.4 Å². The van der Waals surface area contributed by atoms with Gasteiger partial charge in [-0.05, 0) is 25.9 Å². The summed E-state index contributed by atoms with van der Waals surface area (Å²) in [4.78, 5) is 24.6. The summed E-state index contributed by atoms with van der Waals surface area (Å²) in [6.45, 7) is 4.65. The van der Waals surface area contributed by atoms with Gasteiger partial charge in [-0.1, -0.05) is 43.7 Å². The van der Waals surface area contributed by atoms with E-state index in [4.69, 9.17) is 9.57 Å². The summed E-state index contributed by atoms with van der Waals surface area (Å²) >= 11 is 0. The molecule has 1 N–H and O–H groups in total. The zero-order valence-corrected chi connectivity index (χ0v) is 14.1. The molecule has 2 aliphatic heterocycles. The molecule has 2 heterocycles. The number of benzene rings is 1. The maximum Gasteiger partial charge on any atom is 0.323 e. The first-order chi connectivity index (χ1) is 11.8. The Labute approximate surface area is 142 Å². The molecule has 0 radical (unpaired) electrons. The Morgan fingerprint density at radius 2 is 2.21 bits per heavy atom. The standard InChI is InChI=1S/C18H25N3O3/c1-2-21-11-7-6-10-16(21)18(22)23-13-15-12-19-17(20-24-15)14-8-4-3-5-9-14/h3-5,8-9,15-16H,2,6-7,10-13H2,1H3,(H,19,20)/t15-,16-/m1/s1. The quantitative estimate of drug-likeness (QED) is 0.833. The van der Waals surface area contributed by atoms with Gasteiger partial charge in [0.2, 0.25) is 0 Å². The number of aliphatic imine (C=N–C) groups is 1. The topological polar surface area (TPSA) is 63.2 Å². The van der Waals surface area contributed by atoms with E-state index in [1.54, 1.807) is 0 Å². The number of hydrogen-bond acceptors (Lipinski definition) is 6. The van der Waals surface area contributed by atoms with E-state index < -0.39 is 0 Å². The fourth-order valence-corrected chi connectivity index (χ4v) is 3.14. The van der Waals surface area contributed by atoms with E-state index in [1.807, 2.05) is 30.3 Å². The predicted molar refractivity (Wildman–Crippen MR) is 91.7 cm³/mol. The van der Waals surface area contributed by atoms with E-state index in [0.717, 1.165) is 37.9 Å². The Morgan fingerprint density at radius 3 is 2.92 bits per heavy atom. The summed E-state index contributed by atoms with van der Waals surface area (Å²) in [6, 6.07) is 9.70. The molecule has 1 fully saturated rings. The summed E-state index contributed by atoms with van der Waals surface area (Å²) in [5.41, 5.74) is 3.84. The normalized spacial score (nSPS) is 24.8. The number of likely N-dealkylation sites (N-methyl/N-ethyl adjacent to an activating group) is 1. The highest BCUT2D eigenvalue weighted by molar-refractivity contribution is 5.98. The molecule has 3 rings (SSSR count). The van der Waals surface area contributed by atoms with Gasteiger partial charge in [-0.25, -0.2) is 5.48 Å².